The van der Waals surface area contributed by atoms with E-state index in [-0.39, 0.29) is 101 Å². The molecule has 0 spiro atoms. The van der Waals surface area contributed by atoms with Crippen molar-refractivity contribution in [3.05, 3.63) is 67.0 Å². The number of quaternary nitrogens is 1. The van der Waals surface area contributed by atoms with E-state index in [1.165, 1.54) is 6.07 Å². The number of phenolic OH excluding ortho intramolecular Hbond substituents is 2. The second-order valence-electron chi connectivity index (χ2n) is 15.6. The number of aromatic amines is 2. The normalized spacial score (nSPS) is 16.9. The molecule has 1 saturated heterocycles. The van der Waals surface area contributed by atoms with E-state index in [4.69, 9.17) is 0 Å². The van der Waals surface area contributed by atoms with Crippen LogP contribution in [0.15, 0.2) is 48.8 Å². The van der Waals surface area contributed by atoms with Gasteiger partial charge in [0, 0.05) is 92.9 Å². The number of benzene rings is 2. The molecule has 2 aromatic carbocycles. The molecule has 0 saturated carbocycles. The van der Waals surface area contributed by atoms with E-state index in [9.17, 15) is 59.4 Å². The molecular weight excluding hydrogens is 796 g/mol. The van der Waals surface area contributed by atoms with Crippen molar-refractivity contribution >= 4 is 57.5 Å². The van der Waals surface area contributed by atoms with Gasteiger partial charge in [-0.15, -0.1) is 7.05 Å². The van der Waals surface area contributed by atoms with Gasteiger partial charge in [-0.1, -0.05) is 0 Å². The van der Waals surface area contributed by atoms with Gasteiger partial charge in [-0.05, 0) is 60.4 Å². The quantitative estimate of drug-likeness (QED) is 0.0481. The summed E-state index contributed by atoms with van der Waals surface area (Å²) in [5, 5.41) is 66.5. The number of aliphatic carboxylic acids is 4. The molecule has 1 fully saturated rings. The molecule has 2 atom stereocenters. The number of aromatic hydroxyl groups is 2. The van der Waals surface area contributed by atoms with Crippen LogP contribution in [0, 0.1) is 7.05 Å². The molecule has 5 rings (SSSR count). The number of hydrogen-bond donors (Lipinski definition) is 10. The molecular formula is C41H54N8O12. The van der Waals surface area contributed by atoms with Gasteiger partial charge in [0.15, 0.2) is 6.54 Å². The Morgan fingerprint density at radius 3 is 1.80 bits per heavy atom. The van der Waals surface area contributed by atoms with E-state index in [0.717, 1.165) is 16.5 Å². The maximum absolute atomic E-state index is 13.8. The number of H-pyrrole nitrogens is 2. The highest BCUT2D eigenvalue weighted by molar-refractivity contribution is 5.90. The fourth-order valence-corrected chi connectivity index (χ4v) is 7.73. The van der Waals surface area contributed by atoms with Crippen LogP contribution in [0.1, 0.15) is 24.0 Å². The minimum Gasteiger partial charge on any atom is -0.508 e. The van der Waals surface area contributed by atoms with Crippen LogP contribution in [0.5, 0.6) is 11.5 Å². The standard InChI is InChI=1S/C41H54N8O12/c1-49(25-39(57)58)16-14-46(23-37(53)54)10-12-48(13-11-47(15-17-49)24-38(55)56)35(41(60)61)6-7-36(52)45-34(18-27-22-44-33-5-3-29(51)20-31(27)33)40(59)42-9-8-26-21-43-32-4-2-28(50)19-30(26)32/h2-5,19-22,34-35,43-44,50-51H,1,6-18,23-25H2,(H,42,59)(H,45,52)(H,53,54)(H,55,56)(H,57,58)(H,60,61)/t34-,35?/m0/s1. The third-order valence-corrected chi connectivity index (χ3v) is 11.0. The second kappa shape index (κ2) is 20.8. The van der Waals surface area contributed by atoms with Crippen LogP contribution in [0.25, 0.3) is 21.8 Å². The van der Waals surface area contributed by atoms with Gasteiger partial charge in [-0.3, -0.25) is 38.7 Å². The topological polar surface area (TPSA) is 289 Å². The molecule has 1 unspecified atom stereocenters. The van der Waals surface area contributed by atoms with Crippen LogP contribution >= 0.6 is 0 Å². The second-order valence-corrected chi connectivity index (χ2v) is 15.6. The Morgan fingerprint density at radius 1 is 0.738 bits per heavy atom. The lowest BCUT2D eigenvalue weighted by Crippen LogP contribution is -2.56. The molecule has 0 bridgehead atoms. The van der Waals surface area contributed by atoms with Gasteiger partial charge < -0.3 is 55.7 Å². The molecule has 20 heteroatoms. The van der Waals surface area contributed by atoms with Crippen LogP contribution in [0.2, 0.25) is 0 Å². The van der Waals surface area contributed by atoms with Gasteiger partial charge in [-0.25, -0.2) is 4.79 Å². The van der Waals surface area contributed by atoms with Crippen molar-refractivity contribution in [2.24, 2.45) is 0 Å². The molecule has 2 aromatic heterocycles. The first-order chi connectivity index (χ1) is 29.0. The van der Waals surface area contributed by atoms with Crippen molar-refractivity contribution in [1.82, 2.24) is 35.3 Å². The molecule has 10 N–H and O–H groups in total. The van der Waals surface area contributed by atoms with E-state index in [0.29, 0.717) is 22.9 Å². The third kappa shape index (κ3) is 13.4. The molecule has 61 heavy (non-hydrogen) atoms. The van der Waals surface area contributed by atoms with Gasteiger partial charge in [0.25, 0.3) is 0 Å². The number of amides is 2. The summed E-state index contributed by atoms with van der Waals surface area (Å²) in [5.41, 5.74) is 3.00. The highest BCUT2D eigenvalue weighted by Crippen LogP contribution is 2.25. The number of nitrogens with zero attached hydrogens (tertiary/aromatic N) is 4. The number of nitrogens with one attached hydrogen (secondary N) is 4. The van der Waals surface area contributed by atoms with Crippen molar-refractivity contribution in [2.45, 2.75) is 37.8 Å². The summed E-state index contributed by atoms with van der Waals surface area (Å²) in [6.45, 7) is -0.333. The van der Waals surface area contributed by atoms with E-state index >= 15 is 0 Å². The zero-order valence-corrected chi connectivity index (χ0v) is 33.7. The number of hydrogen-bond acceptors (Lipinski definition) is 11. The molecule has 1 aliphatic rings. The summed E-state index contributed by atoms with van der Waals surface area (Å²) < 4.78 is -0.227. The number of carboxylic acid groups (broad SMARTS) is 4. The lowest BCUT2D eigenvalue weighted by atomic mass is 10.0. The molecule has 0 aliphatic carbocycles. The predicted octanol–water partition coefficient (Wildman–Crippen LogP) is 0.462. The summed E-state index contributed by atoms with van der Waals surface area (Å²) in [7, 11) is 4.07. The zero-order chi connectivity index (χ0) is 44.3. The van der Waals surface area contributed by atoms with E-state index in [2.05, 4.69) is 27.6 Å². The SMILES string of the molecule is [CH2-][N+]1(CC(=O)O)CCN(CC(=O)O)CCN(C(CCC(=O)N[C@@H](Cc2c[nH]c3ccc(O)cc23)C(=O)NCCc2c[nH]c3ccc(O)cc23)C(=O)O)CCN(CC(=O)O)CC1. The van der Waals surface area contributed by atoms with E-state index in [1.807, 2.05) is 0 Å². The van der Waals surface area contributed by atoms with Gasteiger partial charge in [0.2, 0.25) is 11.8 Å². The largest absolute Gasteiger partial charge is 0.508 e. The number of fused-ring (bicyclic) bond motifs is 2. The van der Waals surface area contributed by atoms with Crippen LogP contribution in [0.3, 0.4) is 0 Å². The molecule has 4 aromatic rings. The average molecular weight is 851 g/mol. The Kier molecular flexibility index (Phi) is 15.7. The Balaban J connectivity index is 1.31. The lowest BCUT2D eigenvalue weighted by Gasteiger charge is -2.44. The molecule has 3 heterocycles. The summed E-state index contributed by atoms with van der Waals surface area (Å²) in [4.78, 5) is 86.5. The van der Waals surface area contributed by atoms with Crippen molar-refractivity contribution in [3.8, 4) is 11.5 Å². The monoisotopic (exact) mass is 850 g/mol. The highest BCUT2D eigenvalue weighted by Gasteiger charge is 2.31. The fourth-order valence-electron chi connectivity index (χ4n) is 7.73. The summed E-state index contributed by atoms with van der Waals surface area (Å²) in [6.07, 6.45) is 3.36. The first-order valence-electron chi connectivity index (χ1n) is 19.9. The van der Waals surface area contributed by atoms with Gasteiger partial charge in [0.1, 0.15) is 23.6 Å². The molecule has 1 aliphatic heterocycles. The van der Waals surface area contributed by atoms with Crippen molar-refractivity contribution < 1.29 is 63.9 Å². The van der Waals surface area contributed by atoms with E-state index < -0.39 is 60.9 Å². The Labute approximate surface area is 350 Å². The highest BCUT2D eigenvalue weighted by atomic mass is 16.4. The number of rotatable bonds is 18. The molecule has 2 amide bonds. The Bertz CT molecular complexity index is 2170. The van der Waals surface area contributed by atoms with Gasteiger partial charge in [-0.2, -0.15) is 0 Å². The lowest BCUT2D eigenvalue weighted by molar-refractivity contribution is -0.877. The molecule has 0 radical (unpaired) electrons. The number of carbonyl (C=O) groups is 6. The van der Waals surface area contributed by atoms with Crippen molar-refractivity contribution in [2.75, 3.05) is 78.5 Å². The number of carboxylic acids is 4. The zero-order valence-electron chi connectivity index (χ0n) is 33.7. The molecule has 20 nitrogen and oxygen atoms in total. The van der Waals surface area contributed by atoms with Gasteiger partial charge >= 0.3 is 23.9 Å². The molecule has 330 valence electrons. The summed E-state index contributed by atoms with van der Waals surface area (Å²) in [5.74, 6) is -5.67. The van der Waals surface area contributed by atoms with Crippen LogP contribution in [0.4, 0.5) is 0 Å². The van der Waals surface area contributed by atoms with E-state index in [1.54, 1.807) is 57.4 Å². The van der Waals surface area contributed by atoms with Crippen LogP contribution < -0.4 is 10.6 Å². The maximum Gasteiger partial charge on any atom is 0.357 e. The third-order valence-electron chi connectivity index (χ3n) is 11.0. The van der Waals surface area contributed by atoms with Crippen LogP contribution in [-0.4, -0.2) is 186 Å². The van der Waals surface area contributed by atoms with Crippen molar-refractivity contribution in [1.29, 1.82) is 0 Å². The maximum atomic E-state index is 13.8. The number of carbonyl (C=O) groups excluding carboxylic acids is 2. The fraction of sp³-hybridized carbons (Fsp3) is 0.439. The van der Waals surface area contributed by atoms with Crippen LogP contribution in [-0.2, 0) is 41.6 Å². The first kappa shape index (κ1) is 45.9. The minimum atomic E-state index is -1.26. The summed E-state index contributed by atoms with van der Waals surface area (Å²) in [6, 6.07) is 7.28. The average Bonchev–Trinajstić information content (AvgIpc) is 3.77. The van der Waals surface area contributed by atoms with Crippen molar-refractivity contribution in [3.63, 3.8) is 0 Å². The Hall–Kier alpha value is -6.22. The predicted molar refractivity (Wildman–Crippen MR) is 221 cm³/mol. The summed E-state index contributed by atoms with van der Waals surface area (Å²) >= 11 is 0. The first-order valence-corrected chi connectivity index (χ1v) is 19.9. The Morgan fingerprint density at radius 2 is 1.28 bits per heavy atom. The minimum absolute atomic E-state index is 0.00887. The smallest absolute Gasteiger partial charge is 0.357 e. The number of aromatic nitrogens is 2. The number of phenols is 2. The van der Waals surface area contributed by atoms with Gasteiger partial charge in [0.05, 0.1) is 26.2 Å².